The van der Waals surface area contributed by atoms with E-state index in [2.05, 4.69) is 10.1 Å². The maximum atomic E-state index is 14.2. The summed E-state index contributed by atoms with van der Waals surface area (Å²) in [4.78, 5) is 4.37. The summed E-state index contributed by atoms with van der Waals surface area (Å²) in [5.74, 6) is -0.889. The van der Waals surface area contributed by atoms with Gasteiger partial charge in [-0.25, -0.2) is 13.8 Å². The van der Waals surface area contributed by atoms with Crippen molar-refractivity contribution in [2.24, 2.45) is 7.05 Å². The Balaban J connectivity index is 2.40. The molecule has 0 saturated carbocycles. The summed E-state index contributed by atoms with van der Waals surface area (Å²) < 4.78 is 31.0. The summed E-state index contributed by atoms with van der Waals surface area (Å²) in [5, 5.41) is 4.25. The third-order valence-electron chi connectivity index (χ3n) is 3.33. The van der Waals surface area contributed by atoms with E-state index in [0.717, 1.165) is 6.07 Å². The Bertz CT molecular complexity index is 822. The molecular formula is C14H13ClF2N4. The molecule has 0 bridgehead atoms. The fourth-order valence-corrected chi connectivity index (χ4v) is 2.64. The Labute approximate surface area is 125 Å². The average Bonchev–Trinajstić information content (AvgIpc) is 2.95. The first-order chi connectivity index (χ1) is 10.0. The van der Waals surface area contributed by atoms with Crippen molar-refractivity contribution in [3.05, 3.63) is 41.5 Å². The van der Waals surface area contributed by atoms with E-state index in [0.29, 0.717) is 35.0 Å². The Morgan fingerprint density at radius 3 is 2.67 bits per heavy atom. The second-order valence-corrected chi connectivity index (χ2v) is 5.18. The van der Waals surface area contributed by atoms with Gasteiger partial charge in [-0.1, -0.05) is 0 Å². The van der Waals surface area contributed by atoms with Gasteiger partial charge in [-0.3, -0.25) is 9.25 Å². The molecule has 0 saturated heterocycles. The van der Waals surface area contributed by atoms with Crippen LogP contribution in [0.1, 0.15) is 11.5 Å². The van der Waals surface area contributed by atoms with E-state index < -0.39 is 11.6 Å². The van der Waals surface area contributed by atoms with Crippen LogP contribution < -0.4 is 0 Å². The molecule has 4 nitrogen and oxygen atoms in total. The Morgan fingerprint density at radius 1 is 1.29 bits per heavy atom. The first kappa shape index (κ1) is 14.0. The lowest BCUT2D eigenvalue weighted by Crippen LogP contribution is -2.04. The Morgan fingerprint density at radius 2 is 2.05 bits per heavy atom. The number of alkyl halides is 1. The van der Waals surface area contributed by atoms with Gasteiger partial charge in [-0.05, 0) is 19.1 Å². The SMILES string of the molecule is Cc1nn(C)cc1-n1c(CCCl)nc2ccc(F)c(F)c21. The summed E-state index contributed by atoms with van der Waals surface area (Å²) in [6.07, 6.45) is 2.20. The second-order valence-electron chi connectivity index (χ2n) is 4.80. The highest BCUT2D eigenvalue weighted by molar-refractivity contribution is 6.17. The number of imidazole rings is 1. The minimum atomic E-state index is -0.913. The minimum Gasteiger partial charge on any atom is -0.290 e. The third kappa shape index (κ3) is 2.19. The molecule has 7 heteroatoms. The summed E-state index contributed by atoms with van der Waals surface area (Å²) in [6.45, 7) is 1.81. The van der Waals surface area contributed by atoms with E-state index in [1.807, 2.05) is 6.92 Å². The van der Waals surface area contributed by atoms with Crippen molar-refractivity contribution < 1.29 is 8.78 Å². The highest BCUT2D eigenvalue weighted by Crippen LogP contribution is 2.27. The van der Waals surface area contributed by atoms with Gasteiger partial charge in [0.25, 0.3) is 0 Å². The van der Waals surface area contributed by atoms with E-state index in [4.69, 9.17) is 11.6 Å². The van der Waals surface area contributed by atoms with Crippen LogP contribution in [0.15, 0.2) is 18.3 Å². The lowest BCUT2D eigenvalue weighted by Gasteiger charge is -2.07. The molecule has 3 aromatic rings. The molecule has 0 fully saturated rings. The highest BCUT2D eigenvalue weighted by atomic mass is 35.5. The van der Waals surface area contributed by atoms with Gasteiger partial charge in [0.2, 0.25) is 0 Å². The summed E-state index contributed by atoms with van der Waals surface area (Å²) in [7, 11) is 1.77. The van der Waals surface area contributed by atoms with Gasteiger partial charge in [0.1, 0.15) is 11.3 Å². The Hall–Kier alpha value is -1.95. The number of halogens is 3. The molecule has 2 heterocycles. The first-order valence-electron chi connectivity index (χ1n) is 6.45. The largest absolute Gasteiger partial charge is 0.290 e. The van der Waals surface area contributed by atoms with Crippen molar-refractivity contribution >= 4 is 22.6 Å². The fraction of sp³-hybridized carbons (Fsp3) is 0.286. The maximum absolute atomic E-state index is 14.2. The normalized spacial score (nSPS) is 11.5. The molecule has 3 rings (SSSR count). The van der Waals surface area contributed by atoms with Crippen LogP contribution in [-0.4, -0.2) is 25.2 Å². The van der Waals surface area contributed by atoms with Crippen molar-refractivity contribution in [2.45, 2.75) is 13.3 Å². The van der Waals surface area contributed by atoms with Gasteiger partial charge in [-0.15, -0.1) is 11.6 Å². The molecular weight excluding hydrogens is 298 g/mol. The van der Waals surface area contributed by atoms with Crippen molar-refractivity contribution in [3.8, 4) is 5.69 Å². The van der Waals surface area contributed by atoms with Crippen molar-refractivity contribution in [1.82, 2.24) is 19.3 Å². The molecule has 0 amide bonds. The van der Waals surface area contributed by atoms with Crippen LogP contribution in [0.2, 0.25) is 0 Å². The molecule has 0 atom stereocenters. The average molecular weight is 311 g/mol. The van der Waals surface area contributed by atoms with Gasteiger partial charge in [-0.2, -0.15) is 5.10 Å². The molecule has 2 aromatic heterocycles. The van der Waals surface area contributed by atoms with Gasteiger partial charge in [0.05, 0.1) is 16.9 Å². The number of nitrogens with zero attached hydrogens (tertiary/aromatic N) is 4. The number of fused-ring (bicyclic) bond motifs is 1. The van der Waals surface area contributed by atoms with E-state index >= 15 is 0 Å². The van der Waals surface area contributed by atoms with Crippen LogP contribution in [0.5, 0.6) is 0 Å². The number of hydrogen-bond acceptors (Lipinski definition) is 2. The van der Waals surface area contributed by atoms with Gasteiger partial charge >= 0.3 is 0 Å². The monoisotopic (exact) mass is 310 g/mol. The van der Waals surface area contributed by atoms with Crippen LogP contribution in [0.25, 0.3) is 16.7 Å². The molecule has 1 aromatic carbocycles. The molecule has 110 valence electrons. The lowest BCUT2D eigenvalue weighted by molar-refractivity contribution is 0.514. The van der Waals surface area contributed by atoms with Gasteiger partial charge in [0, 0.05) is 25.5 Å². The number of aryl methyl sites for hydroxylation is 3. The molecule has 0 radical (unpaired) electrons. The topological polar surface area (TPSA) is 35.6 Å². The summed E-state index contributed by atoms with van der Waals surface area (Å²) in [5.41, 5.74) is 1.89. The number of benzene rings is 1. The molecule has 0 aliphatic heterocycles. The third-order valence-corrected chi connectivity index (χ3v) is 3.51. The van der Waals surface area contributed by atoms with Gasteiger partial charge < -0.3 is 0 Å². The zero-order chi connectivity index (χ0) is 15.1. The molecule has 0 aliphatic carbocycles. The van der Waals surface area contributed by atoms with E-state index in [-0.39, 0.29) is 5.52 Å². The molecule has 0 N–H and O–H groups in total. The predicted molar refractivity (Wildman–Crippen MR) is 76.9 cm³/mol. The number of rotatable bonds is 3. The van der Waals surface area contributed by atoms with Crippen LogP contribution in [0.3, 0.4) is 0 Å². The molecule has 0 spiro atoms. The van der Waals surface area contributed by atoms with Crippen LogP contribution >= 0.6 is 11.6 Å². The zero-order valence-corrected chi connectivity index (χ0v) is 12.3. The van der Waals surface area contributed by atoms with Crippen LogP contribution in [0, 0.1) is 18.6 Å². The quantitative estimate of drug-likeness (QED) is 0.697. The Kier molecular flexibility index (Phi) is 3.41. The lowest BCUT2D eigenvalue weighted by atomic mass is 10.2. The predicted octanol–water partition coefficient (Wildman–Crippen LogP) is 3.13. The second kappa shape index (κ2) is 5.11. The van der Waals surface area contributed by atoms with Crippen molar-refractivity contribution in [1.29, 1.82) is 0 Å². The number of aromatic nitrogens is 4. The standard InChI is InChI=1S/C14H13ClF2N4/c1-8-11(7-20(2)19-8)21-12(5-6-15)18-10-4-3-9(16)13(17)14(10)21/h3-4,7H,5-6H2,1-2H3. The minimum absolute atomic E-state index is 0.117. The van der Waals surface area contributed by atoms with Crippen molar-refractivity contribution in [3.63, 3.8) is 0 Å². The fourth-order valence-electron chi connectivity index (χ4n) is 2.47. The smallest absolute Gasteiger partial charge is 0.185 e. The summed E-state index contributed by atoms with van der Waals surface area (Å²) in [6, 6.07) is 2.54. The molecule has 21 heavy (non-hydrogen) atoms. The molecule has 0 aliphatic rings. The van der Waals surface area contributed by atoms with E-state index in [9.17, 15) is 8.78 Å². The van der Waals surface area contributed by atoms with E-state index in [1.54, 1.807) is 22.5 Å². The number of hydrogen-bond donors (Lipinski definition) is 0. The summed E-state index contributed by atoms with van der Waals surface area (Å²) >= 11 is 5.80. The maximum Gasteiger partial charge on any atom is 0.185 e. The zero-order valence-electron chi connectivity index (χ0n) is 11.6. The molecule has 0 unspecified atom stereocenters. The van der Waals surface area contributed by atoms with Crippen LogP contribution in [-0.2, 0) is 13.5 Å². The van der Waals surface area contributed by atoms with Gasteiger partial charge in [0.15, 0.2) is 11.6 Å². The van der Waals surface area contributed by atoms with E-state index in [1.165, 1.54) is 6.07 Å². The van der Waals surface area contributed by atoms with Crippen LogP contribution in [0.4, 0.5) is 8.78 Å². The highest BCUT2D eigenvalue weighted by Gasteiger charge is 2.20. The first-order valence-corrected chi connectivity index (χ1v) is 6.98. The van der Waals surface area contributed by atoms with Crippen molar-refractivity contribution in [2.75, 3.05) is 5.88 Å².